The Morgan fingerprint density at radius 1 is 1.20 bits per heavy atom. The van der Waals surface area contributed by atoms with Crippen LogP contribution in [0.3, 0.4) is 0 Å². The minimum atomic E-state index is -0.224. The molecule has 0 bridgehead atoms. The van der Waals surface area contributed by atoms with Gasteiger partial charge in [0.25, 0.3) is 0 Å². The molecule has 2 N–H and O–H groups in total. The maximum absolute atomic E-state index is 12.5. The molecule has 0 atom stereocenters. The number of amides is 2. The number of pyridine rings is 1. The van der Waals surface area contributed by atoms with Crippen LogP contribution in [0.4, 0.5) is 9.93 Å². The summed E-state index contributed by atoms with van der Waals surface area (Å²) >= 11 is 1.28. The molecule has 3 aromatic rings. The van der Waals surface area contributed by atoms with Gasteiger partial charge >= 0.3 is 6.03 Å². The first-order valence-electron chi connectivity index (χ1n) is 7.80. The number of hydrogen-bond acceptors (Lipinski definition) is 6. The molecule has 1 aliphatic rings. The fourth-order valence-corrected chi connectivity index (χ4v) is 3.46. The first-order valence-corrected chi connectivity index (χ1v) is 8.62. The molecule has 7 nitrogen and oxygen atoms in total. The lowest BCUT2D eigenvalue weighted by molar-refractivity contribution is 0.206. The Hall–Kier alpha value is -3.00. The van der Waals surface area contributed by atoms with E-state index in [9.17, 15) is 9.90 Å². The number of nitrogens with zero attached hydrogens (tertiary/aromatic N) is 4. The van der Waals surface area contributed by atoms with Crippen LogP contribution in [0, 0.1) is 0 Å². The molecule has 25 heavy (non-hydrogen) atoms. The van der Waals surface area contributed by atoms with Crippen LogP contribution in [0.25, 0.3) is 10.7 Å². The molecule has 0 radical (unpaired) electrons. The van der Waals surface area contributed by atoms with Gasteiger partial charge in [-0.05, 0) is 41.8 Å². The van der Waals surface area contributed by atoms with E-state index in [0.717, 1.165) is 23.2 Å². The van der Waals surface area contributed by atoms with E-state index in [0.29, 0.717) is 23.2 Å². The van der Waals surface area contributed by atoms with Gasteiger partial charge in [-0.1, -0.05) is 23.5 Å². The van der Waals surface area contributed by atoms with Gasteiger partial charge in [0.2, 0.25) is 5.13 Å². The fourth-order valence-electron chi connectivity index (χ4n) is 2.75. The van der Waals surface area contributed by atoms with Gasteiger partial charge in [0.15, 0.2) is 5.01 Å². The van der Waals surface area contributed by atoms with Gasteiger partial charge < -0.3 is 10.0 Å². The Balaban J connectivity index is 1.45. The highest BCUT2D eigenvalue weighted by atomic mass is 32.1. The van der Waals surface area contributed by atoms with E-state index in [-0.39, 0.29) is 11.8 Å². The molecule has 126 valence electrons. The molecule has 4 rings (SSSR count). The van der Waals surface area contributed by atoms with Crippen molar-refractivity contribution in [3.63, 3.8) is 0 Å². The summed E-state index contributed by atoms with van der Waals surface area (Å²) in [7, 11) is 0. The van der Waals surface area contributed by atoms with E-state index in [1.165, 1.54) is 11.3 Å². The number of phenolic OH excluding ortho intramolecular Hbond substituents is 1. The second-order valence-electron chi connectivity index (χ2n) is 5.68. The van der Waals surface area contributed by atoms with Crippen LogP contribution >= 0.6 is 11.3 Å². The van der Waals surface area contributed by atoms with E-state index in [4.69, 9.17) is 0 Å². The summed E-state index contributed by atoms with van der Waals surface area (Å²) in [5.74, 6) is 0.213. The van der Waals surface area contributed by atoms with E-state index < -0.39 is 0 Å². The van der Waals surface area contributed by atoms with Crippen molar-refractivity contribution in [2.45, 2.75) is 13.0 Å². The summed E-state index contributed by atoms with van der Waals surface area (Å²) in [6.07, 6.45) is 2.45. The molecule has 3 heterocycles. The molecule has 0 unspecified atom stereocenters. The van der Waals surface area contributed by atoms with Crippen molar-refractivity contribution in [2.75, 3.05) is 11.9 Å². The van der Waals surface area contributed by atoms with E-state index in [2.05, 4.69) is 20.5 Å². The van der Waals surface area contributed by atoms with E-state index >= 15 is 0 Å². The number of benzene rings is 1. The minimum absolute atomic E-state index is 0.213. The maximum atomic E-state index is 12.5. The molecule has 2 amide bonds. The minimum Gasteiger partial charge on any atom is -0.508 e. The standard InChI is InChI=1S/C17H15N5O2S/c23-13-5-4-11-6-8-22(10-12(11)9-13)17(24)19-16-21-20-15(25-16)14-3-1-2-7-18-14/h1-5,7,9,23H,6,8,10H2,(H,19,21,24). The van der Waals surface area contributed by atoms with Crippen LogP contribution < -0.4 is 5.32 Å². The predicted octanol–water partition coefficient (Wildman–Crippen LogP) is 2.90. The number of hydrogen-bond donors (Lipinski definition) is 2. The third kappa shape index (κ3) is 3.29. The Morgan fingerprint density at radius 2 is 2.12 bits per heavy atom. The molecular weight excluding hydrogens is 338 g/mol. The molecule has 0 aliphatic carbocycles. The molecule has 2 aromatic heterocycles. The summed E-state index contributed by atoms with van der Waals surface area (Å²) in [6.45, 7) is 1.08. The van der Waals surface area contributed by atoms with Gasteiger partial charge in [0.05, 0.1) is 0 Å². The second-order valence-corrected chi connectivity index (χ2v) is 6.66. The molecule has 8 heteroatoms. The molecule has 1 aliphatic heterocycles. The van der Waals surface area contributed by atoms with Crippen LogP contribution in [-0.4, -0.2) is 37.8 Å². The number of urea groups is 1. The summed E-state index contributed by atoms with van der Waals surface area (Å²) in [5.41, 5.74) is 2.85. The molecule has 0 fully saturated rings. The number of carbonyl (C=O) groups excluding carboxylic acids is 1. The highest BCUT2D eigenvalue weighted by Gasteiger charge is 2.22. The van der Waals surface area contributed by atoms with Crippen LogP contribution in [-0.2, 0) is 13.0 Å². The maximum Gasteiger partial charge on any atom is 0.324 e. The van der Waals surface area contributed by atoms with E-state index in [1.807, 2.05) is 24.3 Å². The third-order valence-electron chi connectivity index (χ3n) is 4.01. The second kappa shape index (κ2) is 6.48. The Bertz CT molecular complexity index is 912. The van der Waals surface area contributed by atoms with Crippen molar-refractivity contribution in [3.05, 3.63) is 53.7 Å². The van der Waals surface area contributed by atoms with E-state index in [1.54, 1.807) is 23.2 Å². The zero-order valence-electron chi connectivity index (χ0n) is 13.2. The van der Waals surface area contributed by atoms with Crippen molar-refractivity contribution < 1.29 is 9.90 Å². The Morgan fingerprint density at radius 3 is 2.96 bits per heavy atom. The molecule has 0 saturated heterocycles. The number of nitrogens with one attached hydrogen (secondary N) is 1. The number of carbonyl (C=O) groups is 1. The van der Waals surface area contributed by atoms with Gasteiger partial charge in [-0.3, -0.25) is 10.3 Å². The average molecular weight is 353 g/mol. The summed E-state index contributed by atoms with van der Waals surface area (Å²) < 4.78 is 0. The SMILES string of the molecule is O=C(Nc1nnc(-c2ccccn2)s1)N1CCc2ccc(O)cc2C1. The van der Waals surface area contributed by atoms with Crippen LogP contribution in [0.2, 0.25) is 0 Å². The smallest absolute Gasteiger partial charge is 0.324 e. The van der Waals surface area contributed by atoms with Crippen molar-refractivity contribution in [2.24, 2.45) is 0 Å². The molecule has 0 spiro atoms. The van der Waals surface area contributed by atoms with Gasteiger partial charge in [0, 0.05) is 19.3 Å². The van der Waals surface area contributed by atoms with Gasteiger partial charge in [-0.15, -0.1) is 10.2 Å². The normalized spacial score (nSPS) is 13.4. The van der Waals surface area contributed by atoms with Crippen LogP contribution in [0.5, 0.6) is 5.75 Å². The highest BCUT2D eigenvalue weighted by Crippen LogP contribution is 2.26. The first-order chi connectivity index (χ1) is 12.2. The largest absolute Gasteiger partial charge is 0.508 e. The predicted molar refractivity (Wildman–Crippen MR) is 94.4 cm³/mol. The highest BCUT2D eigenvalue weighted by molar-refractivity contribution is 7.18. The number of phenols is 1. The Kier molecular flexibility index (Phi) is 4.02. The summed E-state index contributed by atoms with van der Waals surface area (Å²) in [6, 6.07) is 10.6. The lowest BCUT2D eigenvalue weighted by atomic mass is 10.00. The number of fused-ring (bicyclic) bond motifs is 1. The third-order valence-corrected chi connectivity index (χ3v) is 4.87. The quantitative estimate of drug-likeness (QED) is 0.739. The number of aromatic nitrogens is 3. The van der Waals surface area contributed by atoms with Crippen LogP contribution in [0.15, 0.2) is 42.6 Å². The van der Waals surface area contributed by atoms with Crippen LogP contribution in [0.1, 0.15) is 11.1 Å². The lowest BCUT2D eigenvalue weighted by Crippen LogP contribution is -2.38. The van der Waals surface area contributed by atoms with Crippen molar-refractivity contribution >= 4 is 22.5 Å². The van der Waals surface area contributed by atoms with Gasteiger partial charge in [-0.2, -0.15) is 0 Å². The molecular formula is C17H15N5O2S. The number of anilines is 1. The van der Waals surface area contributed by atoms with Crippen molar-refractivity contribution in [3.8, 4) is 16.5 Å². The Labute approximate surface area is 148 Å². The summed E-state index contributed by atoms with van der Waals surface area (Å²) in [5, 5.41) is 21.6. The first kappa shape index (κ1) is 15.5. The number of rotatable bonds is 2. The van der Waals surface area contributed by atoms with Crippen molar-refractivity contribution in [1.29, 1.82) is 0 Å². The molecule has 1 aromatic carbocycles. The average Bonchev–Trinajstić information content (AvgIpc) is 3.10. The zero-order chi connectivity index (χ0) is 17.2. The summed E-state index contributed by atoms with van der Waals surface area (Å²) in [4.78, 5) is 18.4. The lowest BCUT2D eigenvalue weighted by Gasteiger charge is -2.28. The van der Waals surface area contributed by atoms with Crippen molar-refractivity contribution in [1.82, 2.24) is 20.1 Å². The topological polar surface area (TPSA) is 91.2 Å². The fraction of sp³-hybridized carbons (Fsp3) is 0.176. The monoisotopic (exact) mass is 353 g/mol. The zero-order valence-corrected chi connectivity index (χ0v) is 14.0. The van der Waals surface area contributed by atoms with Gasteiger partial charge in [-0.25, -0.2) is 4.79 Å². The van der Waals surface area contributed by atoms with Gasteiger partial charge in [0.1, 0.15) is 11.4 Å². The number of aromatic hydroxyl groups is 1. The molecule has 0 saturated carbocycles.